The number of nitrogens with zero attached hydrogens (tertiary/aromatic N) is 1. The van der Waals surface area contributed by atoms with E-state index in [1.807, 2.05) is 17.0 Å². The molecule has 2 rings (SSSR count). The summed E-state index contributed by atoms with van der Waals surface area (Å²) >= 11 is 0. The van der Waals surface area contributed by atoms with Crippen molar-refractivity contribution in [1.82, 2.24) is 10.2 Å². The molecule has 0 saturated carbocycles. The normalized spacial score (nSPS) is 20.5. The highest BCUT2D eigenvalue weighted by molar-refractivity contribution is 5.84. The van der Waals surface area contributed by atoms with Crippen molar-refractivity contribution in [2.24, 2.45) is 0 Å². The minimum Gasteiger partial charge on any atom is -0.469 e. The van der Waals surface area contributed by atoms with Crippen LogP contribution < -0.4 is 5.32 Å². The Labute approximate surface area is 102 Å². The van der Waals surface area contributed by atoms with Crippen LogP contribution in [0.25, 0.3) is 0 Å². The van der Waals surface area contributed by atoms with Crippen LogP contribution in [0.5, 0.6) is 0 Å². The lowest BCUT2D eigenvalue weighted by molar-refractivity contribution is -0.129. The number of nitrogens with one attached hydrogen (secondary N) is 1. The van der Waals surface area contributed by atoms with Crippen LogP contribution >= 0.6 is 0 Å². The molecule has 1 aliphatic rings. The van der Waals surface area contributed by atoms with E-state index in [-0.39, 0.29) is 11.9 Å². The number of furan rings is 1. The minimum atomic E-state index is 0.00611. The fourth-order valence-corrected chi connectivity index (χ4v) is 2.22. The molecule has 1 saturated heterocycles. The van der Waals surface area contributed by atoms with Crippen molar-refractivity contribution in [3.05, 3.63) is 24.2 Å². The second-order valence-corrected chi connectivity index (χ2v) is 4.82. The molecule has 2 heterocycles. The van der Waals surface area contributed by atoms with Crippen molar-refractivity contribution in [3.8, 4) is 0 Å². The van der Waals surface area contributed by atoms with E-state index in [0.717, 1.165) is 31.7 Å². The second-order valence-electron chi connectivity index (χ2n) is 4.82. The molecule has 1 atom stereocenters. The van der Waals surface area contributed by atoms with Crippen LogP contribution in [0.4, 0.5) is 0 Å². The van der Waals surface area contributed by atoms with Gasteiger partial charge in [0.05, 0.1) is 12.3 Å². The van der Waals surface area contributed by atoms with Gasteiger partial charge in [-0.3, -0.25) is 4.79 Å². The first kappa shape index (κ1) is 12.2. The van der Waals surface area contributed by atoms with Crippen molar-refractivity contribution in [1.29, 1.82) is 0 Å². The Morgan fingerprint density at radius 3 is 3.06 bits per heavy atom. The summed E-state index contributed by atoms with van der Waals surface area (Å²) < 4.78 is 5.27. The van der Waals surface area contributed by atoms with E-state index in [0.29, 0.717) is 6.04 Å². The lowest BCUT2D eigenvalue weighted by atomic mass is 10.2. The van der Waals surface area contributed by atoms with Crippen molar-refractivity contribution in [2.75, 3.05) is 13.1 Å². The summed E-state index contributed by atoms with van der Waals surface area (Å²) in [6, 6.07) is 4.19. The molecule has 17 heavy (non-hydrogen) atoms. The first-order valence-corrected chi connectivity index (χ1v) is 6.24. The Morgan fingerprint density at radius 2 is 2.41 bits per heavy atom. The zero-order valence-corrected chi connectivity index (χ0v) is 10.5. The highest BCUT2D eigenvalue weighted by Crippen LogP contribution is 2.13. The Balaban J connectivity index is 1.81. The predicted molar refractivity (Wildman–Crippen MR) is 65.7 cm³/mol. The van der Waals surface area contributed by atoms with Crippen LogP contribution in [-0.2, 0) is 11.2 Å². The highest BCUT2D eigenvalue weighted by atomic mass is 16.3. The van der Waals surface area contributed by atoms with Crippen molar-refractivity contribution in [3.63, 3.8) is 0 Å². The largest absolute Gasteiger partial charge is 0.469 e. The molecule has 1 aliphatic heterocycles. The first-order chi connectivity index (χ1) is 8.16. The molecule has 0 spiro atoms. The van der Waals surface area contributed by atoms with Gasteiger partial charge < -0.3 is 14.6 Å². The van der Waals surface area contributed by atoms with Crippen LogP contribution in [0.1, 0.15) is 26.0 Å². The standard InChI is InChI=1S/C13H20N2O2/c1-10(2)14-12-6-8-15(13(12)16)7-5-11-4-3-9-17-11/h3-4,9-10,12,14H,5-8H2,1-2H3. The Bertz CT molecular complexity index is 360. The molecule has 0 radical (unpaired) electrons. The van der Waals surface area contributed by atoms with E-state index in [1.54, 1.807) is 6.26 Å². The van der Waals surface area contributed by atoms with Crippen molar-refractivity contribution >= 4 is 5.91 Å². The summed E-state index contributed by atoms with van der Waals surface area (Å²) in [7, 11) is 0. The average Bonchev–Trinajstić information content (AvgIpc) is 2.88. The monoisotopic (exact) mass is 236 g/mol. The number of hydrogen-bond acceptors (Lipinski definition) is 3. The summed E-state index contributed by atoms with van der Waals surface area (Å²) in [6.45, 7) is 5.74. The summed E-state index contributed by atoms with van der Waals surface area (Å²) in [4.78, 5) is 14.0. The van der Waals surface area contributed by atoms with E-state index in [2.05, 4.69) is 19.2 Å². The molecule has 1 amide bonds. The van der Waals surface area contributed by atoms with Crippen molar-refractivity contribution < 1.29 is 9.21 Å². The summed E-state index contributed by atoms with van der Waals surface area (Å²) in [5, 5.41) is 3.30. The third-order valence-corrected chi connectivity index (χ3v) is 3.04. The maximum absolute atomic E-state index is 12.0. The average molecular weight is 236 g/mol. The molecular weight excluding hydrogens is 216 g/mol. The molecule has 1 unspecified atom stereocenters. The molecule has 1 aromatic rings. The quantitative estimate of drug-likeness (QED) is 0.841. The minimum absolute atomic E-state index is 0.00611. The maximum Gasteiger partial charge on any atom is 0.239 e. The molecule has 0 bridgehead atoms. The third-order valence-electron chi connectivity index (χ3n) is 3.04. The van der Waals surface area contributed by atoms with Gasteiger partial charge in [0.2, 0.25) is 5.91 Å². The van der Waals surface area contributed by atoms with Gasteiger partial charge in [-0.1, -0.05) is 13.8 Å². The maximum atomic E-state index is 12.0. The molecule has 4 nitrogen and oxygen atoms in total. The molecule has 4 heteroatoms. The van der Waals surface area contributed by atoms with Gasteiger partial charge >= 0.3 is 0 Å². The van der Waals surface area contributed by atoms with E-state index < -0.39 is 0 Å². The fraction of sp³-hybridized carbons (Fsp3) is 0.615. The second kappa shape index (κ2) is 5.36. The van der Waals surface area contributed by atoms with E-state index >= 15 is 0 Å². The number of likely N-dealkylation sites (tertiary alicyclic amines) is 1. The van der Waals surface area contributed by atoms with Gasteiger partial charge in [0.25, 0.3) is 0 Å². The SMILES string of the molecule is CC(C)NC1CCN(CCc2ccco2)C1=O. The van der Waals surface area contributed by atoms with Crippen molar-refractivity contribution in [2.45, 2.75) is 38.8 Å². The molecule has 1 N–H and O–H groups in total. The number of carbonyl (C=O) groups excluding carboxylic acids is 1. The number of hydrogen-bond donors (Lipinski definition) is 1. The smallest absolute Gasteiger partial charge is 0.239 e. The summed E-state index contributed by atoms with van der Waals surface area (Å²) in [6.07, 6.45) is 3.38. The van der Waals surface area contributed by atoms with Crippen LogP contribution in [0.2, 0.25) is 0 Å². The zero-order valence-electron chi connectivity index (χ0n) is 10.5. The highest BCUT2D eigenvalue weighted by Gasteiger charge is 2.31. The summed E-state index contributed by atoms with van der Waals surface area (Å²) in [5.41, 5.74) is 0. The lowest BCUT2D eigenvalue weighted by Gasteiger charge is -2.17. The van der Waals surface area contributed by atoms with Gasteiger partial charge in [0.1, 0.15) is 5.76 Å². The number of rotatable bonds is 5. The number of carbonyl (C=O) groups is 1. The van der Waals surface area contributed by atoms with Gasteiger partial charge in [-0.25, -0.2) is 0 Å². The summed E-state index contributed by atoms with van der Waals surface area (Å²) in [5.74, 6) is 1.17. The van der Waals surface area contributed by atoms with Gasteiger partial charge in [0, 0.05) is 25.6 Å². The van der Waals surface area contributed by atoms with E-state index in [9.17, 15) is 4.79 Å². The fourth-order valence-electron chi connectivity index (χ4n) is 2.22. The van der Waals surface area contributed by atoms with E-state index in [4.69, 9.17) is 4.42 Å². The Hall–Kier alpha value is -1.29. The van der Waals surface area contributed by atoms with Gasteiger partial charge in [-0.2, -0.15) is 0 Å². The lowest BCUT2D eigenvalue weighted by Crippen LogP contribution is -2.41. The van der Waals surface area contributed by atoms with Crippen LogP contribution in [0.15, 0.2) is 22.8 Å². The van der Waals surface area contributed by atoms with Gasteiger partial charge in [-0.05, 0) is 18.6 Å². The molecule has 0 aliphatic carbocycles. The Kier molecular flexibility index (Phi) is 3.84. The van der Waals surface area contributed by atoms with Crippen LogP contribution in [-0.4, -0.2) is 36.0 Å². The predicted octanol–water partition coefficient (Wildman–Crippen LogP) is 1.42. The number of amides is 1. The first-order valence-electron chi connectivity index (χ1n) is 6.24. The Morgan fingerprint density at radius 1 is 1.59 bits per heavy atom. The molecule has 1 fully saturated rings. The van der Waals surface area contributed by atoms with Gasteiger partial charge in [-0.15, -0.1) is 0 Å². The molecular formula is C13H20N2O2. The third kappa shape index (κ3) is 3.09. The molecule has 1 aromatic heterocycles. The topological polar surface area (TPSA) is 45.5 Å². The zero-order chi connectivity index (χ0) is 12.3. The molecule has 94 valence electrons. The van der Waals surface area contributed by atoms with Gasteiger partial charge in [0.15, 0.2) is 0 Å². The molecule has 0 aromatic carbocycles. The van der Waals surface area contributed by atoms with Crippen LogP contribution in [0, 0.1) is 0 Å². The van der Waals surface area contributed by atoms with E-state index in [1.165, 1.54) is 0 Å². The van der Waals surface area contributed by atoms with Crippen LogP contribution in [0.3, 0.4) is 0 Å².